The van der Waals surface area contributed by atoms with Gasteiger partial charge in [0.05, 0.1) is 19.2 Å². The summed E-state index contributed by atoms with van der Waals surface area (Å²) in [4.78, 5) is 3.10. The third-order valence-electron chi connectivity index (χ3n) is 3.73. The Balaban J connectivity index is 1.73. The highest BCUT2D eigenvalue weighted by molar-refractivity contribution is 5.27. The fraction of sp³-hybridized carbons (Fsp3) is 0.500. The molecular weight excluding hydrogens is 330 g/mol. The van der Waals surface area contributed by atoms with E-state index < -0.39 is 23.7 Å². The molecule has 0 radical (unpaired) electrons. The Labute approximate surface area is 135 Å². The fourth-order valence-corrected chi connectivity index (χ4v) is 2.54. The zero-order valence-corrected chi connectivity index (χ0v) is 12.8. The van der Waals surface area contributed by atoms with Gasteiger partial charge in [-0.25, -0.2) is 4.39 Å². The number of alkyl halides is 3. The quantitative estimate of drug-likeness (QED) is 0.796. The molecule has 1 aliphatic rings. The molecule has 1 fully saturated rings. The second kappa shape index (κ2) is 6.44. The van der Waals surface area contributed by atoms with Crippen molar-refractivity contribution in [3.63, 3.8) is 0 Å². The predicted molar refractivity (Wildman–Crippen MR) is 74.2 cm³/mol. The van der Waals surface area contributed by atoms with E-state index in [4.69, 9.17) is 4.74 Å². The lowest BCUT2D eigenvalue weighted by Crippen LogP contribution is -2.38. The molecule has 0 spiro atoms. The van der Waals surface area contributed by atoms with E-state index in [0.29, 0.717) is 25.5 Å². The summed E-state index contributed by atoms with van der Waals surface area (Å²) in [6, 6.07) is 2.44. The van der Waals surface area contributed by atoms with Crippen molar-refractivity contribution in [2.45, 2.75) is 18.8 Å². The van der Waals surface area contributed by atoms with Gasteiger partial charge in [-0.15, -0.1) is 10.2 Å². The van der Waals surface area contributed by atoms with E-state index in [1.54, 1.807) is 7.05 Å². The van der Waals surface area contributed by atoms with E-state index in [2.05, 4.69) is 15.4 Å². The highest BCUT2D eigenvalue weighted by Crippen LogP contribution is 2.31. The van der Waals surface area contributed by atoms with Crippen LogP contribution in [0.5, 0.6) is 0 Å². The largest absolute Gasteiger partial charge is 0.416 e. The number of benzene rings is 1. The summed E-state index contributed by atoms with van der Waals surface area (Å²) in [7, 11) is 1.62. The van der Waals surface area contributed by atoms with Crippen LogP contribution in [0.3, 0.4) is 0 Å². The van der Waals surface area contributed by atoms with Crippen molar-refractivity contribution in [1.82, 2.24) is 25.1 Å². The molecule has 0 N–H and O–H groups in total. The van der Waals surface area contributed by atoms with Crippen LogP contribution in [-0.2, 0) is 24.5 Å². The molecule has 2 heterocycles. The molecule has 1 aromatic carbocycles. The van der Waals surface area contributed by atoms with Gasteiger partial charge in [0, 0.05) is 25.2 Å². The second-order valence-electron chi connectivity index (χ2n) is 5.54. The van der Waals surface area contributed by atoms with Gasteiger partial charge in [0.1, 0.15) is 11.9 Å². The van der Waals surface area contributed by atoms with Crippen LogP contribution in [0.25, 0.3) is 0 Å². The van der Waals surface area contributed by atoms with Gasteiger partial charge < -0.3 is 4.74 Å². The topological polar surface area (TPSA) is 56.1 Å². The predicted octanol–water partition coefficient (Wildman–Crippen LogP) is 1.94. The SMILES string of the molecule is Cn1nnc(C2CN(Cc3cc(C(F)(F)F)ccc3F)CCO2)n1. The number of aryl methyl sites for hydroxylation is 1. The average Bonchev–Trinajstić information content (AvgIpc) is 2.95. The lowest BCUT2D eigenvalue weighted by Gasteiger charge is -2.31. The first-order valence-corrected chi connectivity index (χ1v) is 7.26. The van der Waals surface area contributed by atoms with E-state index in [-0.39, 0.29) is 12.1 Å². The van der Waals surface area contributed by atoms with Gasteiger partial charge in [-0.2, -0.15) is 18.0 Å². The average molecular weight is 345 g/mol. The summed E-state index contributed by atoms with van der Waals surface area (Å²) >= 11 is 0. The van der Waals surface area contributed by atoms with Crippen molar-refractivity contribution in [2.24, 2.45) is 7.05 Å². The number of morpholine rings is 1. The van der Waals surface area contributed by atoms with Crippen LogP contribution < -0.4 is 0 Å². The van der Waals surface area contributed by atoms with Gasteiger partial charge in [-0.05, 0) is 23.4 Å². The number of hydrogen-bond donors (Lipinski definition) is 0. The maximum atomic E-state index is 13.9. The summed E-state index contributed by atoms with van der Waals surface area (Å²) in [5.74, 6) is -0.268. The molecule has 0 aliphatic carbocycles. The molecule has 0 amide bonds. The highest BCUT2D eigenvalue weighted by atomic mass is 19.4. The zero-order valence-electron chi connectivity index (χ0n) is 12.8. The minimum absolute atomic E-state index is 0.00224. The first-order chi connectivity index (χ1) is 11.3. The Morgan fingerprint density at radius 1 is 1.33 bits per heavy atom. The number of hydrogen-bond acceptors (Lipinski definition) is 5. The molecule has 0 bridgehead atoms. The fourth-order valence-electron chi connectivity index (χ4n) is 2.54. The molecule has 1 unspecified atom stereocenters. The Bertz CT molecular complexity index is 717. The first-order valence-electron chi connectivity index (χ1n) is 7.26. The van der Waals surface area contributed by atoms with Crippen LogP contribution in [-0.4, -0.2) is 44.8 Å². The maximum absolute atomic E-state index is 13.9. The van der Waals surface area contributed by atoms with Crippen molar-refractivity contribution in [2.75, 3.05) is 19.7 Å². The van der Waals surface area contributed by atoms with Gasteiger partial charge in [-0.1, -0.05) is 0 Å². The molecule has 3 rings (SSSR count). The summed E-state index contributed by atoms with van der Waals surface area (Å²) in [6.45, 7) is 1.23. The van der Waals surface area contributed by atoms with Gasteiger partial charge in [0.25, 0.3) is 0 Å². The van der Waals surface area contributed by atoms with E-state index in [1.165, 1.54) is 4.80 Å². The number of aromatic nitrogens is 4. The van der Waals surface area contributed by atoms with Crippen molar-refractivity contribution in [1.29, 1.82) is 0 Å². The number of ether oxygens (including phenoxy) is 1. The molecule has 1 atom stereocenters. The number of rotatable bonds is 3. The lowest BCUT2D eigenvalue weighted by atomic mass is 10.1. The van der Waals surface area contributed by atoms with Crippen LogP contribution >= 0.6 is 0 Å². The summed E-state index contributed by atoms with van der Waals surface area (Å²) in [6.07, 6.45) is -4.94. The van der Waals surface area contributed by atoms with Gasteiger partial charge in [-0.3, -0.25) is 4.90 Å². The van der Waals surface area contributed by atoms with Crippen LogP contribution in [0, 0.1) is 5.82 Å². The third-order valence-corrected chi connectivity index (χ3v) is 3.73. The van der Waals surface area contributed by atoms with E-state index in [9.17, 15) is 17.6 Å². The van der Waals surface area contributed by atoms with Gasteiger partial charge in [0.2, 0.25) is 5.82 Å². The standard InChI is InChI=1S/C14H15F4N5O/c1-22-20-13(19-21-22)12-8-23(4-5-24-12)7-9-6-10(14(16,17)18)2-3-11(9)15/h2-3,6,12H,4-5,7-8H2,1H3. The van der Waals surface area contributed by atoms with Crippen LogP contribution in [0.15, 0.2) is 18.2 Å². The van der Waals surface area contributed by atoms with Crippen molar-refractivity contribution >= 4 is 0 Å². The van der Waals surface area contributed by atoms with Crippen molar-refractivity contribution in [3.8, 4) is 0 Å². The molecular formula is C14H15F4N5O. The highest BCUT2D eigenvalue weighted by Gasteiger charge is 2.32. The molecule has 2 aromatic rings. The molecule has 1 aliphatic heterocycles. The number of halogens is 4. The zero-order chi connectivity index (χ0) is 17.3. The Hall–Kier alpha value is -2.07. The van der Waals surface area contributed by atoms with E-state index in [1.807, 2.05) is 4.90 Å². The summed E-state index contributed by atoms with van der Waals surface area (Å²) in [5.41, 5.74) is -0.864. The smallest absolute Gasteiger partial charge is 0.367 e. The monoisotopic (exact) mass is 345 g/mol. The Kier molecular flexibility index (Phi) is 4.50. The Morgan fingerprint density at radius 2 is 2.12 bits per heavy atom. The third kappa shape index (κ3) is 3.70. The lowest BCUT2D eigenvalue weighted by molar-refractivity contribution is -0.137. The van der Waals surface area contributed by atoms with Crippen LogP contribution in [0.2, 0.25) is 0 Å². The van der Waals surface area contributed by atoms with Crippen LogP contribution in [0.4, 0.5) is 17.6 Å². The van der Waals surface area contributed by atoms with Crippen molar-refractivity contribution in [3.05, 3.63) is 41.0 Å². The first kappa shape index (κ1) is 16.8. The minimum atomic E-state index is -4.50. The van der Waals surface area contributed by atoms with Crippen LogP contribution in [0.1, 0.15) is 23.1 Å². The molecule has 6 nitrogen and oxygen atoms in total. The molecule has 0 saturated carbocycles. The molecule has 10 heteroatoms. The number of nitrogens with zero attached hydrogens (tertiary/aromatic N) is 5. The molecule has 24 heavy (non-hydrogen) atoms. The van der Waals surface area contributed by atoms with E-state index in [0.717, 1.165) is 18.2 Å². The molecule has 1 aromatic heterocycles. The molecule has 130 valence electrons. The second-order valence-corrected chi connectivity index (χ2v) is 5.54. The maximum Gasteiger partial charge on any atom is 0.416 e. The van der Waals surface area contributed by atoms with E-state index >= 15 is 0 Å². The van der Waals surface area contributed by atoms with Crippen molar-refractivity contribution < 1.29 is 22.3 Å². The normalized spacial score (nSPS) is 19.6. The summed E-state index contributed by atoms with van der Waals surface area (Å²) < 4.78 is 57.8. The summed E-state index contributed by atoms with van der Waals surface area (Å²) in [5, 5.41) is 11.7. The molecule has 1 saturated heterocycles. The minimum Gasteiger partial charge on any atom is -0.367 e. The Morgan fingerprint density at radius 3 is 2.79 bits per heavy atom. The van der Waals surface area contributed by atoms with Gasteiger partial charge >= 0.3 is 6.18 Å². The number of tetrazole rings is 1. The van der Waals surface area contributed by atoms with Gasteiger partial charge in [0.15, 0.2) is 0 Å².